The second-order valence-corrected chi connectivity index (χ2v) is 6.73. The third-order valence-corrected chi connectivity index (χ3v) is 4.66. The molecule has 6 nitrogen and oxygen atoms in total. The van der Waals surface area contributed by atoms with Gasteiger partial charge < -0.3 is 15.1 Å². The number of nitrogens with one attached hydrogen (secondary N) is 2. The van der Waals surface area contributed by atoms with Crippen LogP contribution in [-0.2, 0) is 11.2 Å². The first-order valence-corrected chi connectivity index (χ1v) is 8.90. The summed E-state index contributed by atoms with van der Waals surface area (Å²) in [4.78, 5) is 27.3. The van der Waals surface area contributed by atoms with E-state index in [0.29, 0.717) is 11.3 Å². The van der Waals surface area contributed by atoms with E-state index >= 15 is 0 Å². The molecule has 136 valence electrons. The number of carboxylic acids is 1. The fourth-order valence-corrected chi connectivity index (χ4v) is 3.40. The molecule has 3 N–H and O–H groups in total. The van der Waals surface area contributed by atoms with Gasteiger partial charge in [-0.3, -0.25) is 4.79 Å². The van der Waals surface area contributed by atoms with Crippen LogP contribution in [0, 0.1) is 0 Å². The third kappa shape index (κ3) is 3.12. The van der Waals surface area contributed by atoms with Gasteiger partial charge in [-0.2, -0.15) is 0 Å². The van der Waals surface area contributed by atoms with Crippen LogP contribution in [0.3, 0.4) is 0 Å². The summed E-state index contributed by atoms with van der Waals surface area (Å²) >= 11 is 0. The highest BCUT2D eigenvalue weighted by atomic mass is 16.4. The molecule has 8 bridgehead atoms. The van der Waals surface area contributed by atoms with Gasteiger partial charge in [0.2, 0.25) is 0 Å². The number of carboxylic acid groups (broad SMARTS) is 1. The van der Waals surface area contributed by atoms with Gasteiger partial charge in [-0.05, 0) is 66.8 Å². The standard InChI is InChI=1S/C22H16N4O2/c27-22(28)12-19-20-7-5-17(25-20)10-15-3-1-13(23-15)9-14-2-4-16(24-14)11-18-6-8-21(19)26-18/h1-11,23,26H,12H2,(H,27,28). The topological polar surface area (TPSA) is 94.7 Å². The number of nitrogens with zero attached hydrogens (tertiary/aromatic N) is 2. The first-order chi connectivity index (χ1) is 13.6. The van der Waals surface area contributed by atoms with Crippen LogP contribution in [0.25, 0.3) is 46.4 Å². The lowest BCUT2D eigenvalue weighted by atomic mass is 10.1. The zero-order valence-electron chi connectivity index (χ0n) is 14.8. The van der Waals surface area contributed by atoms with E-state index in [1.165, 1.54) is 0 Å². The average Bonchev–Trinajstić information content (AvgIpc) is 3.43. The number of aromatic amines is 2. The van der Waals surface area contributed by atoms with Crippen molar-refractivity contribution in [2.75, 3.05) is 0 Å². The second-order valence-electron chi connectivity index (χ2n) is 6.73. The van der Waals surface area contributed by atoms with Crippen LogP contribution in [0.2, 0.25) is 0 Å². The van der Waals surface area contributed by atoms with Crippen LogP contribution in [0.5, 0.6) is 0 Å². The van der Waals surface area contributed by atoms with Gasteiger partial charge in [-0.25, -0.2) is 9.97 Å². The van der Waals surface area contributed by atoms with Gasteiger partial charge in [0.25, 0.3) is 0 Å². The van der Waals surface area contributed by atoms with Gasteiger partial charge in [-0.15, -0.1) is 0 Å². The molecular weight excluding hydrogens is 352 g/mol. The van der Waals surface area contributed by atoms with Crippen molar-refractivity contribution in [3.8, 4) is 0 Å². The Labute approximate surface area is 159 Å². The number of hydrogen-bond acceptors (Lipinski definition) is 3. The van der Waals surface area contributed by atoms with E-state index in [2.05, 4.69) is 19.9 Å². The zero-order chi connectivity index (χ0) is 19.1. The highest BCUT2D eigenvalue weighted by molar-refractivity contribution is 5.83. The molecule has 0 aliphatic carbocycles. The highest BCUT2D eigenvalue weighted by Gasteiger charge is 2.11. The van der Waals surface area contributed by atoms with Crippen molar-refractivity contribution in [3.63, 3.8) is 0 Å². The molecule has 0 saturated carbocycles. The Bertz CT molecular complexity index is 1330. The quantitative estimate of drug-likeness (QED) is 0.433. The molecule has 28 heavy (non-hydrogen) atoms. The molecule has 2 aliphatic heterocycles. The van der Waals surface area contributed by atoms with Gasteiger partial charge >= 0.3 is 5.97 Å². The van der Waals surface area contributed by atoms with Gasteiger partial charge in [0.1, 0.15) is 0 Å². The van der Waals surface area contributed by atoms with Crippen molar-refractivity contribution < 1.29 is 9.90 Å². The molecule has 5 heterocycles. The van der Waals surface area contributed by atoms with E-state index in [9.17, 15) is 9.90 Å². The summed E-state index contributed by atoms with van der Waals surface area (Å²) in [6.45, 7) is 0. The Balaban J connectivity index is 1.86. The van der Waals surface area contributed by atoms with Crippen molar-refractivity contribution in [2.45, 2.75) is 6.42 Å². The highest BCUT2D eigenvalue weighted by Crippen LogP contribution is 2.21. The predicted molar refractivity (Wildman–Crippen MR) is 110 cm³/mol. The van der Waals surface area contributed by atoms with E-state index in [0.717, 1.165) is 39.1 Å². The molecule has 5 rings (SSSR count). The fourth-order valence-electron chi connectivity index (χ4n) is 3.40. The van der Waals surface area contributed by atoms with Crippen molar-refractivity contribution in [3.05, 3.63) is 70.8 Å². The van der Waals surface area contributed by atoms with Crippen LogP contribution in [0.1, 0.15) is 28.3 Å². The lowest BCUT2D eigenvalue weighted by molar-refractivity contribution is -0.136. The maximum absolute atomic E-state index is 11.4. The van der Waals surface area contributed by atoms with E-state index in [4.69, 9.17) is 0 Å². The van der Waals surface area contributed by atoms with Crippen molar-refractivity contribution >= 4 is 52.3 Å². The van der Waals surface area contributed by atoms with Gasteiger partial charge in [0.15, 0.2) is 0 Å². The molecule has 0 atom stereocenters. The molecule has 0 amide bonds. The zero-order valence-corrected chi connectivity index (χ0v) is 14.8. The Morgan fingerprint density at radius 3 is 2.04 bits per heavy atom. The molecule has 6 heteroatoms. The molecule has 0 radical (unpaired) electrons. The first kappa shape index (κ1) is 16.3. The largest absolute Gasteiger partial charge is 0.481 e. The van der Waals surface area contributed by atoms with Crippen LogP contribution >= 0.6 is 0 Å². The first-order valence-electron chi connectivity index (χ1n) is 8.90. The van der Waals surface area contributed by atoms with E-state index < -0.39 is 5.97 Å². The lowest BCUT2D eigenvalue weighted by Gasteiger charge is -1.98. The lowest BCUT2D eigenvalue weighted by Crippen LogP contribution is -2.02. The third-order valence-electron chi connectivity index (χ3n) is 4.66. The molecule has 0 aromatic carbocycles. The molecule has 3 aromatic rings. The smallest absolute Gasteiger partial charge is 0.307 e. The van der Waals surface area contributed by atoms with Gasteiger partial charge in [0.05, 0.1) is 29.2 Å². The summed E-state index contributed by atoms with van der Waals surface area (Å²) in [5.41, 5.74) is 7.24. The summed E-state index contributed by atoms with van der Waals surface area (Å²) in [5, 5.41) is 9.38. The second kappa shape index (κ2) is 6.35. The van der Waals surface area contributed by atoms with Crippen molar-refractivity contribution in [1.29, 1.82) is 0 Å². The van der Waals surface area contributed by atoms with Crippen LogP contribution in [0.4, 0.5) is 0 Å². The number of rotatable bonds is 2. The molecule has 3 aromatic heterocycles. The SMILES string of the molecule is O=C(O)Cc1c2nc(cc3ccc(cc4nc(cc5ccc1[nH]5)C=C4)[nH]3)C=C2. The molecule has 0 spiro atoms. The summed E-state index contributed by atoms with van der Waals surface area (Å²) in [5.74, 6) is -0.898. The van der Waals surface area contributed by atoms with Gasteiger partial charge in [0, 0.05) is 27.6 Å². The Morgan fingerprint density at radius 1 is 0.786 bits per heavy atom. The predicted octanol–water partition coefficient (Wildman–Crippen LogP) is 4.28. The van der Waals surface area contributed by atoms with Crippen LogP contribution in [-0.4, -0.2) is 31.0 Å². The maximum atomic E-state index is 11.4. The summed E-state index contributed by atoms with van der Waals surface area (Å²) in [6.07, 6.45) is 7.54. The minimum absolute atomic E-state index is 0.114. The summed E-state index contributed by atoms with van der Waals surface area (Å²) < 4.78 is 0. The average molecular weight is 368 g/mol. The Kier molecular flexibility index (Phi) is 3.69. The van der Waals surface area contributed by atoms with E-state index in [1.54, 1.807) is 0 Å². The number of fused-ring (bicyclic) bond motifs is 8. The van der Waals surface area contributed by atoms with Crippen molar-refractivity contribution in [1.82, 2.24) is 19.9 Å². The minimum Gasteiger partial charge on any atom is -0.481 e. The fraction of sp³-hybridized carbons (Fsp3) is 0.0455. The van der Waals surface area contributed by atoms with Gasteiger partial charge in [-0.1, -0.05) is 0 Å². The Morgan fingerprint density at radius 2 is 1.36 bits per heavy atom. The monoisotopic (exact) mass is 368 g/mol. The maximum Gasteiger partial charge on any atom is 0.307 e. The number of aliphatic carboxylic acids is 1. The van der Waals surface area contributed by atoms with Crippen molar-refractivity contribution in [2.24, 2.45) is 0 Å². The Hall–Kier alpha value is -3.93. The molecule has 0 saturated heterocycles. The summed E-state index contributed by atoms with van der Waals surface area (Å²) in [7, 11) is 0. The number of hydrogen-bond donors (Lipinski definition) is 3. The van der Waals surface area contributed by atoms with Crippen LogP contribution < -0.4 is 0 Å². The number of H-pyrrole nitrogens is 2. The normalized spacial score (nSPS) is 12.4. The summed E-state index contributed by atoms with van der Waals surface area (Å²) in [6, 6.07) is 13.6. The van der Waals surface area contributed by atoms with E-state index in [1.807, 2.05) is 66.8 Å². The number of carbonyl (C=O) groups is 1. The molecule has 0 unspecified atom stereocenters. The minimum atomic E-state index is -0.898. The number of aromatic nitrogens is 4. The van der Waals surface area contributed by atoms with E-state index in [-0.39, 0.29) is 6.42 Å². The molecule has 2 aliphatic rings. The molecule has 0 fully saturated rings. The van der Waals surface area contributed by atoms with Crippen LogP contribution in [0.15, 0.2) is 42.5 Å². The molecular formula is C22H16N4O2.